The zero-order valence-corrected chi connectivity index (χ0v) is 20.9. The van der Waals surface area contributed by atoms with Gasteiger partial charge in [-0.2, -0.15) is 0 Å². The molecule has 0 spiro atoms. The van der Waals surface area contributed by atoms with E-state index < -0.39 is 0 Å². The molecule has 6 heteroatoms. The lowest BCUT2D eigenvalue weighted by Crippen LogP contribution is -2.40. The van der Waals surface area contributed by atoms with Crippen molar-refractivity contribution in [2.24, 2.45) is 5.92 Å². The molecular weight excluding hydrogens is 450 g/mol. The Morgan fingerprint density at radius 2 is 1.75 bits per heavy atom. The Bertz CT molecular complexity index is 1150. The lowest BCUT2D eigenvalue weighted by Gasteiger charge is -2.25. The number of carbonyl (C=O) groups excluding carboxylic acids is 1. The minimum atomic E-state index is -0.223. The van der Waals surface area contributed by atoms with Gasteiger partial charge in [-0.3, -0.25) is 14.6 Å². The Kier molecular flexibility index (Phi) is 7.84. The molecule has 0 aliphatic carbocycles. The Labute approximate surface area is 213 Å². The Morgan fingerprint density at radius 3 is 2.61 bits per heavy atom. The third-order valence-electron chi connectivity index (χ3n) is 7.12. The monoisotopic (exact) mass is 485 g/mol. The molecule has 1 amide bonds. The van der Waals surface area contributed by atoms with Gasteiger partial charge in [0.1, 0.15) is 17.6 Å². The third-order valence-corrected chi connectivity index (χ3v) is 7.12. The maximum absolute atomic E-state index is 13.0. The molecule has 1 fully saturated rings. The predicted octanol–water partition coefficient (Wildman–Crippen LogP) is 4.27. The van der Waals surface area contributed by atoms with Gasteiger partial charge >= 0.3 is 0 Å². The van der Waals surface area contributed by atoms with E-state index in [1.54, 1.807) is 7.11 Å². The number of likely N-dealkylation sites (tertiary alicyclic amines) is 1. The summed E-state index contributed by atoms with van der Waals surface area (Å²) < 4.78 is 12.0. The van der Waals surface area contributed by atoms with Crippen LogP contribution in [0.25, 0.3) is 0 Å². The van der Waals surface area contributed by atoms with E-state index in [4.69, 9.17) is 9.47 Å². The fourth-order valence-electron chi connectivity index (χ4n) is 5.28. The lowest BCUT2D eigenvalue weighted by atomic mass is 10.1. The molecule has 3 aromatic rings. The summed E-state index contributed by atoms with van der Waals surface area (Å²) in [6, 6.07) is 26.6. The zero-order valence-electron chi connectivity index (χ0n) is 20.9. The van der Waals surface area contributed by atoms with Gasteiger partial charge in [0.15, 0.2) is 0 Å². The van der Waals surface area contributed by atoms with Gasteiger partial charge in [0, 0.05) is 43.9 Å². The van der Waals surface area contributed by atoms with Gasteiger partial charge in [-0.15, -0.1) is 0 Å². The molecule has 188 valence electrons. The van der Waals surface area contributed by atoms with Crippen LogP contribution >= 0.6 is 0 Å². The van der Waals surface area contributed by atoms with Crippen molar-refractivity contribution < 1.29 is 14.3 Å². The summed E-state index contributed by atoms with van der Waals surface area (Å²) in [6.45, 7) is 5.42. The minimum Gasteiger partial charge on any atom is -0.496 e. The topological polar surface area (TPSA) is 54.0 Å². The van der Waals surface area contributed by atoms with Crippen molar-refractivity contribution in [1.29, 1.82) is 0 Å². The Hall–Kier alpha value is -3.35. The molecule has 1 saturated heterocycles. The SMILES string of the molecule is COc1ccccc1C1CN(CC(=O)NCC2CCN(Cc3ccccc3)C2)Cc2ccccc2O1. The van der Waals surface area contributed by atoms with Gasteiger partial charge in [-0.05, 0) is 36.6 Å². The minimum absolute atomic E-state index is 0.0645. The molecule has 36 heavy (non-hydrogen) atoms. The smallest absolute Gasteiger partial charge is 0.234 e. The van der Waals surface area contributed by atoms with Crippen LogP contribution in [0.4, 0.5) is 0 Å². The zero-order chi connectivity index (χ0) is 24.7. The molecule has 2 aliphatic rings. The van der Waals surface area contributed by atoms with Crippen LogP contribution in [0, 0.1) is 5.92 Å². The number of benzene rings is 3. The van der Waals surface area contributed by atoms with E-state index in [0.29, 0.717) is 25.6 Å². The molecule has 0 aromatic heterocycles. The van der Waals surface area contributed by atoms with Crippen molar-refractivity contribution in [3.63, 3.8) is 0 Å². The van der Waals surface area contributed by atoms with Gasteiger partial charge in [0.05, 0.1) is 13.7 Å². The Balaban J connectivity index is 1.18. The van der Waals surface area contributed by atoms with Crippen LogP contribution in [0.3, 0.4) is 0 Å². The van der Waals surface area contributed by atoms with Gasteiger partial charge in [0.2, 0.25) is 5.91 Å². The van der Waals surface area contributed by atoms with E-state index in [-0.39, 0.29) is 12.0 Å². The maximum atomic E-state index is 13.0. The van der Waals surface area contributed by atoms with Crippen molar-refractivity contribution in [1.82, 2.24) is 15.1 Å². The molecule has 2 aliphatic heterocycles. The van der Waals surface area contributed by atoms with Crippen LogP contribution in [0.15, 0.2) is 78.9 Å². The summed E-state index contributed by atoms with van der Waals surface area (Å²) in [5.41, 5.74) is 3.43. The first-order chi connectivity index (χ1) is 17.7. The summed E-state index contributed by atoms with van der Waals surface area (Å²) in [7, 11) is 1.68. The first-order valence-electron chi connectivity index (χ1n) is 12.8. The summed E-state index contributed by atoms with van der Waals surface area (Å²) >= 11 is 0. The normalized spacial score (nSPS) is 20.2. The number of methoxy groups -OCH3 is 1. The van der Waals surface area contributed by atoms with Crippen molar-refractivity contribution in [3.8, 4) is 11.5 Å². The maximum Gasteiger partial charge on any atom is 0.234 e. The first kappa shape index (κ1) is 24.3. The number of ether oxygens (including phenoxy) is 2. The molecule has 6 nitrogen and oxygen atoms in total. The van der Waals surface area contributed by atoms with Crippen LogP contribution in [-0.4, -0.2) is 55.5 Å². The number of carbonyl (C=O) groups is 1. The molecular formula is C30H35N3O3. The summed E-state index contributed by atoms with van der Waals surface area (Å²) in [5, 5.41) is 3.21. The highest BCUT2D eigenvalue weighted by Gasteiger charge is 2.28. The highest BCUT2D eigenvalue weighted by molar-refractivity contribution is 5.78. The quantitative estimate of drug-likeness (QED) is 0.517. The highest BCUT2D eigenvalue weighted by atomic mass is 16.5. The highest BCUT2D eigenvalue weighted by Crippen LogP contribution is 2.34. The Morgan fingerprint density at radius 1 is 0.972 bits per heavy atom. The summed E-state index contributed by atoms with van der Waals surface area (Å²) in [5.74, 6) is 2.22. The van der Waals surface area contributed by atoms with E-state index in [9.17, 15) is 4.79 Å². The predicted molar refractivity (Wildman–Crippen MR) is 141 cm³/mol. The first-order valence-corrected chi connectivity index (χ1v) is 12.8. The van der Waals surface area contributed by atoms with E-state index in [0.717, 1.165) is 55.2 Å². The number of nitrogens with one attached hydrogen (secondary N) is 1. The molecule has 5 rings (SSSR count). The van der Waals surface area contributed by atoms with Gasteiger partial charge in [-0.1, -0.05) is 66.7 Å². The van der Waals surface area contributed by atoms with Crippen LogP contribution < -0.4 is 14.8 Å². The van der Waals surface area contributed by atoms with E-state index in [2.05, 4.69) is 51.5 Å². The van der Waals surface area contributed by atoms with Gasteiger partial charge in [0.25, 0.3) is 0 Å². The van der Waals surface area contributed by atoms with E-state index >= 15 is 0 Å². The van der Waals surface area contributed by atoms with Crippen molar-refractivity contribution >= 4 is 5.91 Å². The number of amides is 1. The van der Waals surface area contributed by atoms with E-state index in [1.165, 1.54) is 5.56 Å². The van der Waals surface area contributed by atoms with Crippen LogP contribution in [0.2, 0.25) is 0 Å². The third kappa shape index (κ3) is 6.07. The number of hydrogen-bond acceptors (Lipinski definition) is 5. The second-order valence-electron chi connectivity index (χ2n) is 9.81. The van der Waals surface area contributed by atoms with E-state index in [1.807, 2.05) is 42.5 Å². The van der Waals surface area contributed by atoms with Crippen LogP contribution in [0.5, 0.6) is 11.5 Å². The molecule has 2 heterocycles. The fourth-order valence-corrected chi connectivity index (χ4v) is 5.28. The largest absolute Gasteiger partial charge is 0.496 e. The fraction of sp³-hybridized carbons (Fsp3) is 0.367. The van der Waals surface area contributed by atoms with Gasteiger partial charge in [-0.25, -0.2) is 0 Å². The molecule has 0 saturated carbocycles. The summed E-state index contributed by atoms with van der Waals surface area (Å²) in [4.78, 5) is 17.7. The standard InChI is InChI=1S/C30H35N3O3/c1-35-28-14-8-6-12-26(28)29-21-33(20-25-11-5-7-13-27(25)36-29)22-30(34)31-17-24-15-16-32(19-24)18-23-9-3-2-4-10-23/h2-14,24,29H,15-22H2,1H3,(H,31,34). The summed E-state index contributed by atoms with van der Waals surface area (Å²) in [6.07, 6.45) is 0.896. The number of fused-ring (bicyclic) bond motifs is 1. The molecule has 1 N–H and O–H groups in total. The molecule has 3 aromatic carbocycles. The molecule has 2 atom stereocenters. The number of para-hydroxylation sites is 2. The average Bonchev–Trinajstić information content (AvgIpc) is 3.27. The van der Waals surface area contributed by atoms with Gasteiger partial charge < -0.3 is 14.8 Å². The molecule has 0 bridgehead atoms. The second-order valence-corrected chi connectivity index (χ2v) is 9.81. The second kappa shape index (κ2) is 11.6. The number of nitrogens with zero attached hydrogens (tertiary/aromatic N) is 2. The molecule has 0 radical (unpaired) electrons. The van der Waals surface area contributed by atoms with Crippen LogP contribution in [0.1, 0.15) is 29.2 Å². The number of hydrogen-bond donors (Lipinski definition) is 1. The number of rotatable bonds is 8. The van der Waals surface area contributed by atoms with Crippen molar-refractivity contribution in [2.75, 3.05) is 39.8 Å². The van der Waals surface area contributed by atoms with Crippen molar-refractivity contribution in [2.45, 2.75) is 25.6 Å². The molecule has 2 unspecified atom stereocenters. The van der Waals surface area contributed by atoms with Crippen LogP contribution in [-0.2, 0) is 17.9 Å². The average molecular weight is 486 g/mol. The van der Waals surface area contributed by atoms with Crippen molar-refractivity contribution in [3.05, 3.63) is 95.6 Å². The lowest BCUT2D eigenvalue weighted by molar-refractivity contribution is -0.122.